The first kappa shape index (κ1) is 15.0. The average Bonchev–Trinajstić information content (AvgIpc) is 3.08. The van der Waals surface area contributed by atoms with E-state index < -0.39 is 11.8 Å². The van der Waals surface area contributed by atoms with Crippen LogP contribution in [0.2, 0.25) is 0 Å². The molecule has 8 nitrogen and oxygen atoms in total. The predicted octanol–water partition coefficient (Wildman–Crippen LogP) is 0.941. The fourth-order valence-electron chi connectivity index (χ4n) is 2.41. The molecule has 2 aromatic heterocycles. The smallest absolute Gasteiger partial charge is 0.408 e. The topological polar surface area (TPSA) is 106 Å². The summed E-state index contributed by atoms with van der Waals surface area (Å²) in [6, 6.07) is 6.35. The number of amides is 1. The first-order valence-corrected chi connectivity index (χ1v) is 7.32. The normalized spacial score (nSPS) is 12.4. The lowest BCUT2D eigenvalue weighted by Crippen LogP contribution is -2.35. The quantitative estimate of drug-likeness (QED) is 0.729. The number of hydrogen-bond acceptors (Lipinski definition) is 5. The lowest BCUT2D eigenvalue weighted by molar-refractivity contribution is -0.123. The van der Waals surface area contributed by atoms with Crippen molar-refractivity contribution in [3.8, 4) is 0 Å². The molecule has 0 saturated carbocycles. The molecule has 3 rings (SSSR count). The number of nitrogens with zero attached hydrogens (tertiary/aromatic N) is 3. The van der Waals surface area contributed by atoms with Gasteiger partial charge in [-0.1, -0.05) is 12.1 Å². The minimum absolute atomic E-state index is 0.258. The monoisotopic (exact) mass is 315 g/mol. The molecule has 0 unspecified atom stereocenters. The molecular formula is C15H17N5O3. The molecule has 0 saturated heterocycles. The molecule has 0 radical (unpaired) electrons. The van der Waals surface area contributed by atoms with Gasteiger partial charge in [0.2, 0.25) is 5.91 Å². The number of oxazole rings is 1. The van der Waals surface area contributed by atoms with Crippen LogP contribution >= 0.6 is 0 Å². The summed E-state index contributed by atoms with van der Waals surface area (Å²) in [4.78, 5) is 28.4. The van der Waals surface area contributed by atoms with E-state index in [0.717, 1.165) is 5.82 Å². The molecule has 23 heavy (non-hydrogen) atoms. The molecule has 0 fully saturated rings. The van der Waals surface area contributed by atoms with Gasteiger partial charge in [-0.3, -0.25) is 14.5 Å². The van der Waals surface area contributed by atoms with Crippen LogP contribution in [0.25, 0.3) is 11.1 Å². The van der Waals surface area contributed by atoms with Crippen LogP contribution in [0.1, 0.15) is 24.6 Å². The SMILES string of the molecule is Cc1nc(CCNC(=O)[C@@H](C)n2c(=O)oc3ccccc32)n[nH]1. The van der Waals surface area contributed by atoms with Crippen LogP contribution in [0.4, 0.5) is 0 Å². The van der Waals surface area contributed by atoms with Crippen molar-refractivity contribution in [1.29, 1.82) is 0 Å². The largest absolute Gasteiger partial charge is 0.420 e. The summed E-state index contributed by atoms with van der Waals surface area (Å²) in [5, 5.41) is 9.54. The zero-order valence-electron chi connectivity index (χ0n) is 12.9. The molecule has 120 valence electrons. The summed E-state index contributed by atoms with van der Waals surface area (Å²) >= 11 is 0. The summed E-state index contributed by atoms with van der Waals surface area (Å²) in [5.74, 6) is 0.571. The number of aromatic amines is 1. The third-order valence-electron chi connectivity index (χ3n) is 3.58. The Kier molecular flexibility index (Phi) is 3.96. The van der Waals surface area contributed by atoms with Gasteiger partial charge in [-0.25, -0.2) is 9.78 Å². The number of nitrogens with one attached hydrogen (secondary N) is 2. The zero-order chi connectivity index (χ0) is 16.4. The maximum Gasteiger partial charge on any atom is 0.420 e. The number of para-hydroxylation sites is 2. The number of aryl methyl sites for hydroxylation is 1. The molecule has 0 aliphatic rings. The first-order chi connectivity index (χ1) is 11.1. The molecule has 2 N–H and O–H groups in total. The molecule has 3 aromatic rings. The number of carbonyl (C=O) groups is 1. The number of fused-ring (bicyclic) bond motifs is 1. The van der Waals surface area contributed by atoms with E-state index >= 15 is 0 Å². The highest BCUT2D eigenvalue weighted by Crippen LogP contribution is 2.16. The maximum atomic E-state index is 12.3. The van der Waals surface area contributed by atoms with E-state index in [2.05, 4.69) is 20.5 Å². The van der Waals surface area contributed by atoms with Gasteiger partial charge in [-0.15, -0.1) is 0 Å². The number of benzene rings is 1. The van der Waals surface area contributed by atoms with Crippen LogP contribution < -0.4 is 11.1 Å². The molecule has 0 aliphatic heterocycles. The fourth-order valence-corrected chi connectivity index (χ4v) is 2.41. The van der Waals surface area contributed by atoms with Crippen molar-refractivity contribution in [1.82, 2.24) is 25.1 Å². The minimum atomic E-state index is -0.667. The van der Waals surface area contributed by atoms with Gasteiger partial charge in [0.1, 0.15) is 11.9 Å². The van der Waals surface area contributed by atoms with Crippen molar-refractivity contribution in [3.05, 3.63) is 46.5 Å². The zero-order valence-corrected chi connectivity index (χ0v) is 12.9. The van der Waals surface area contributed by atoms with Crippen LogP contribution in [-0.4, -0.2) is 32.2 Å². The van der Waals surface area contributed by atoms with Gasteiger partial charge in [-0.2, -0.15) is 5.10 Å². The number of hydrogen-bond donors (Lipinski definition) is 2. The van der Waals surface area contributed by atoms with E-state index in [-0.39, 0.29) is 5.91 Å². The van der Waals surface area contributed by atoms with Gasteiger partial charge >= 0.3 is 5.76 Å². The van der Waals surface area contributed by atoms with E-state index in [1.807, 2.05) is 6.92 Å². The molecule has 1 atom stereocenters. The lowest BCUT2D eigenvalue weighted by atomic mass is 10.2. The number of H-pyrrole nitrogens is 1. The summed E-state index contributed by atoms with van der Waals surface area (Å²) < 4.78 is 6.50. The summed E-state index contributed by atoms with van der Waals surface area (Å²) in [5.41, 5.74) is 1.07. The molecule has 1 aromatic carbocycles. The average molecular weight is 315 g/mol. The molecule has 2 heterocycles. The Labute approximate surface area is 131 Å². The van der Waals surface area contributed by atoms with Crippen LogP contribution in [0.5, 0.6) is 0 Å². The van der Waals surface area contributed by atoms with Crippen LogP contribution in [0.3, 0.4) is 0 Å². The highest BCUT2D eigenvalue weighted by Gasteiger charge is 2.20. The highest BCUT2D eigenvalue weighted by molar-refractivity contribution is 5.82. The van der Waals surface area contributed by atoms with Crippen molar-refractivity contribution >= 4 is 17.0 Å². The van der Waals surface area contributed by atoms with Gasteiger partial charge < -0.3 is 9.73 Å². The van der Waals surface area contributed by atoms with E-state index in [9.17, 15) is 9.59 Å². The Morgan fingerprint density at radius 2 is 2.22 bits per heavy atom. The van der Waals surface area contributed by atoms with Crippen molar-refractivity contribution in [3.63, 3.8) is 0 Å². The van der Waals surface area contributed by atoms with Gasteiger partial charge in [0.05, 0.1) is 5.52 Å². The van der Waals surface area contributed by atoms with Crippen molar-refractivity contribution in [2.24, 2.45) is 0 Å². The van der Waals surface area contributed by atoms with Crippen LogP contribution in [-0.2, 0) is 11.2 Å². The third kappa shape index (κ3) is 3.01. The second kappa shape index (κ2) is 6.07. The molecule has 0 bridgehead atoms. The van der Waals surface area contributed by atoms with Crippen LogP contribution in [0.15, 0.2) is 33.5 Å². The highest BCUT2D eigenvalue weighted by atomic mass is 16.4. The van der Waals surface area contributed by atoms with E-state index in [4.69, 9.17) is 4.42 Å². The van der Waals surface area contributed by atoms with E-state index in [1.165, 1.54) is 4.57 Å². The van der Waals surface area contributed by atoms with E-state index in [0.29, 0.717) is 29.9 Å². The van der Waals surface area contributed by atoms with Crippen molar-refractivity contribution in [2.75, 3.05) is 6.54 Å². The Bertz CT molecular complexity index is 892. The molecule has 1 amide bonds. The van der Waals surface area contributed by atoms with Crippen molar-refractivity contribution < 1.29 is 9.21 Å². The number of rotatable bonds is 5. The van der Waals surface area contributed by atoms with Gasteiger partial charge in [0.25, 0.3) is 0 Å². The molecule has 8 heteroatoms. The lowest BCUT2D eigenvalue weighted by Gasteiger charge is -2.12. The minimum Gasteiger partial charge on any atom is -0.408 e. The fraction of sp³-hybridized carbons (Fsp3) is 0.333. The predicted molar refractivity (Wildman–Crippen MR) is 83.0 cm³/mol. The summed E-state index contributed by atoms with van der Waals surface area (Å²) in [6.45, 7) is 3.87. The molecular weight excluding hydrogens is 298 g/mol. The third-order valence-corrected chi connectivity index (χ3v) is 3.58. The van der Waals surface area contributed by atoms with Gasteiger partial charge in [0.15, 0.2) is 11.4 Å². The molecule has 0 aliphatic carbocycles. The van der Waals surface area contributed by atoms with Crippen molar-refractivity contribution in [2.45, 2.75) is 26.3 Å². The Morgan fingerprint density at radius 3 is 2.96 bits per heavy atom. The summed E-state index contributed by atoms with van der Waals surface area (Å²) in [7, 11) is 0. The van der Waals surface area contributed by atoms with Gasteiger partial charge in [0, 0.05) is 13.0 Å². The first-order valence-electron chi connectivity index (χ1n) is 7.32. The molecule has 0 spiro atoms. The second-order valence-electron chi connectivity index (χ2n) is 5.26. The Balaban J connectivity index is 1.69. The van der Waals surface area contributed by atoms with Gasteiger partial charge in [-0.05, 0) is 26.0 Å². The Morgan fingerprint density at radius 1 is 1.43 bits per heavy atom. The Hall–Kier alpha value is -2.90. The maximum absolute atomic E-state index is 12.3. The number of aromatic nitrogens is 4. The summed E-state index contributed by atoms with van der Waals surface area (Å²) in [6.07, 6.45) is 0.518. The van der Waals surface area contributed by atoms with Crippen LogP contribution in [0, 0.1) is 6.92 Å². The van der Waals surface area contributed by atoms with E-state index in [1.54, 1.807) is 31.2 Å². The second-order valence-corrected chi connectivity index (χ2v) is 5.26. The number of carbonyl (C=O) groups excluding carboxylic acids is 1. The standard InChI is InChI=1S/C15H17N5O3/c1-9(14(21)16-8-7-13-17-10(2)18-19-13)20-11-5-3-4-6-12(11)23-15(20)22/h3-6,9H,7-8H2,1-2H3,(H,16,21)(H,17,18,19)/t9-/m1/s1.